The van der Waals surface area contributed by atoms with Crippen LogP contribution in [-0.4, -0.2) is 43.6 Å². The Hall–Kier alpha value is -3.50. The van der Waals surface area contributed by atoms with E-state index in [1.165, 1.54) is 36.7 Å². The van der Waals surface area contributed by atoms with E-state index in [0.717, 1.165) is 19.4 Å². The molecule has 32 heavy (non-hydrogen) atoms. The molecule has 2 N–H and O–H groups in total. The average Bonchev–Trinajstić information content (AvgIpc) is 3.32. The Kier molecular flexibility index (Phi) is 6.62. The summed E-state index contributed by atoms with van der Waals surface area (Å²) >= 11 is 0. The van der Waals surface area contributed by atoms with Gasteiger partial charge in [0.1, 0.15) is 12.4 Å². The van der Waals surface area contributed by atoms with Crippen LogP contribution in [-0.2, 0) is 14.8 Å². The maximum Gasteiger partial charge on any atom is 0.264 e. The molecule has 0 spiro atoms. The Balaban J connectivity index is 1.34. The molecule has 1 atom stereocenters. The Morgan fingerprint density at radius 2 is 1.78 bits per heavy atom. The molecule has 1 aliphatic heterocycles. The minimum Gasteiger partial charge on any atom is -0.491 e. The molecule has 2 heterocycles. The monoisotopic (exact) mass is 454 g/mol. The van der Waals surface area contributed by atoms with Gasteiger partial charge in [-0.05, 0) is 67.4 Å². The molecule has 1 aliphatic rings. The minimum atomic E-state index is -3.84. The van der Waals surface area contributed by atoms with Gasteiger partial charge in [0.15, 0.2) is 0 Å². The zero-order chi connectivity index (χ0) is 22.4. The van der Waals surface area contributed by atoms with E-state index in [9.17, 15) is 13.2 Å². The fraction of sp³-hybridized carbons (Fsp3) is 0.227. The van der Waals surface area contributed by atoms with Crippen molar-refractivity contribution in [1.29, 1.82) is 0 Å². The molecule has 1 unspecified atom stereocenters. The molecule has 166 valence electrons. The van der Waals surface area contributed by atoms with Crippen molar-refractivity contribution in [2.45, 2.75) is 23.8 Å². The summed E-state index contributed by atoms with van der Waals surface area (Å²) in [5.41, 5.74) is 0.915. The number of nitrogens with one attached hydrogen (secondary N) is 2. The molecule has 0 saturated carbocycles. The van der Waals surface area contributed by atoms with Crippen LogP contribution in [0.1, 0.15) is 23.2 Å². The van der Waals surface area contributed by atoms with Gasteiger partial charge in [0.05, 0.1) is 11.0 Å². The van der Waals surface area contributed by atoms with E-state index in [4.69, 9.17) is 9.47 Å². The van der Waals surface area contributed by atoms with Gasteiger partial charge in [0.25, 0.3) is 15.9 Å². The quantitative estimate of drug-likeness (QED) is 0.537. The highest BCUT2D eigenvalue weighted by molar-refractivity contribution is 7.92. The Morgan fingerprint density at radius 3 is 2.44 bits per heavy atom. The number of anilines is 2. The number of sulfonamides is 1. The van der Waals surface area contributed by atoms with Crippen molar-refractivity contribution in [1.82, 2.24) is 9.97 Å². The highest BCUT2D eigenvalue weighted by Gasteiger charge is 2.17. The second-order valence-corrected chi connectivity index (χ2v) is 8.81. The van der Waals surface area contributed by atoms with Crippen molar-refractivity contribution in [2.75, 3.05) is 23.3 Å². The van der Waals surface area contributed by atoms with Crippen LogP contribution >= 0.6 is 0 Å². The largest absolute Gasteiger partial charge is 0.491 e. The molecule has 1 fully saturated rings. The summed E-state index contributed by atoms with van der Waals surface area (Å²) in [6.45, 7) is 1.27. The smallest absolute Gasteiger partial charge is 0.264 e. The summed E-state index contributed by atoms with van der Waals surface area (Å²) in [6, 6.07) is 14.2. The number of benzene rings is 2. The van der Waals surface area contributed by atoms with Crippen LogP contribution in [0.5, 0.6) is 5.75 Å². The summed E-state index contributed by atoms with van der Waals surface area (Å²) in [5.74, 6) is 0.330. The zero-order valence-corrected chi connectivity index (χ0v) is 17.9. The van der Waals surface area contributed by atoms with Crippen LogP contribution in [0.4, 0.5) is 11.6 Å². The maximum atomic E-state index is 12.5. The van der Waals surface area contributed by atoms with Gasteiger partial charge < -0.3 is 14.8 Å². The standard InChI is InChI=1S/C22H22N4O5S/c27-21(16-4-8-18(9-5-16)31-15-19-3-1-14-30-19)25-17-6-10-20(11-7-17)32(28,29)26-22-23-12-2-13-24-22/h2,4-13,19H,1,3,14-15H2,(H,25,27)(H,23,24,26). The van der Waals surface area contributed by atoms with Crippen molar-refractivity contribution in [3.63, 3.8) is 0 Å². The lowest BCUT2D eigenvalue weighted by molar-refractivity contribution is 0.0679. The van der Waals surface area contributed by atoms with E-state index in [2.05, 4.69) is 20.0 Å². The second-order valence-electron chi connectivity index (χ2n) is 7.13. The number of carbonyl (C=O) groups is 1. The van der Waals surface area contributed by atoms with Crippen molar-refractivity contribution >= 4 is 27.6 Å². The molecule has 0 bridgehead atoms. The molecule has 3 aromatic rings. The third-order valence-electron chi connectivity index (χ3n) is 4.79. The Bertz CT molecular complexity index is 1150. The predicted molar refractivity (Wildman–Crippen MR) is 118 cm³/mol. The zero-order valence-electron chi connectivity index (χ0n) is 17.1. The van der Waals surface area contributed by atoms with Crippen LogP contribution in [0.15, 0.2) is 71.9 Å². The van der Waals surface area contributed by atoms with Gasteiger partial charge in [-0.1, -0.05) is 0 Å². The summed E-state index contributed by atoms with van der Waals surface area (Å²) in [4.78, 5) is 20.2. The number of hydrogen-bond acceptors (Lipinski definition) is 7. The maximum absolute atomic E-state index is 12.5. The first-order valence-electron chi connectivity index (χ1n) is 10.1. The van der Waals surface area contributed by atoms with Crippen molar-refractivity contribution in [3.8, 4) is 5.75 Å². The Morgan fingerprint density at radius 1 is 1.06 bits per heavy atom. The first-order valence-corrected chi connectivity index (χ1v) is 11.5. The topological polar surface area (TPSA) is 120 Å². The number of hydrogen-bond donors (Lipinski definition) is 2. The lowest BCUT2D eigenvalue weighted by Crippen LogP contribution is -2.16. The van der Waals surface area contributed by atoms with E-state index >= 15 is 0 Å². The highest BCUT2D eigenvalue weighted by atomic mass is 32.2. The van der Waals surface area contributed by atoms with Gasteiger partial charge in [-0.3, -0.25) is 4.79 Å². The third-order valence-corrected chi connectivity index (χ3v) is 6.13. The van der Waals surface area contributed by atoms with E-state index in [-0.39, 0.29) is 22.9 Å². The molecular formula is C22H22N4O5S. The predicted octanol–water partition coefficient (Wildman–Crippen LogP) is 3.09. The number of rotatable bonds is 8. The third kappa shape index (κ3) is 5.59. The number of nitrogens with zero attached hydrogens (tertiary/aromatic N) is 2. The molecule has 1 aromatic heterocycles. The molecule has 0 radical (unpaired) electrons. The number of carbonyl (C=O) groups excluding carboxylic acids is 1. The van der Waals surface area contributed by atoms with Gasteiger partial charge >= 0.3 is 0 Å². The molecule has 10 heteroatoms. The summed E-state index contributed by atoms with van der Waals surface area (Å²) < 4.78 is 38.4. The van der Waals surface area contributed by atoms with Gasteiger partial charge in [0, 0.05) is 30.3 Å². The van der Waals surface area contributed by atoms with E-state index in [0.29, 0.717) is 23.6 Å². The lowest BCUT2D eigenvalue weighted by Gasteiger charge is -2.12. The lowest BCUT2D eigenvalue weighted by atomic mass is 10.2. The molecule has 2 aromatic carbocycles. The van der Waals surface area contributed by atoms with Crippen molar-refractivity contribution in [3.05, 3.63) is 72.6 Å². The molecule has 9 nitrogen and oxygen atoms in total. The molecular weight excluding hydrogens is 432 g/mol. The first kappa shape index (κ1) is 21.7. The number of aromatic nitrogens is 2. The fourth-order valence-corrected chi connectivity index (χ4v) is 4.08. The van der Waals surface area contributed by atoms with Crippen LogP contribution < -0.4 is 14.8 Å². The summed E-state index contributed by atoms with van der Waals surface area (Å²) in [5, 5.41) is 2.74. The highest BCUT2D eigenvalue weighted by Crippen LogP contribution is 2.19. The van der Waals surface area contributed by atoms with Gasteiger partial charge in [-0.2, -0.15) is 0 Å². The van der Waals surface area contributed by atoms with Crippen molar-refractivity contribution < 1.29 is 22.7 Å². The SMILES string of the molecule is O=C(Nc1ccc(S(=O)(=O)Nc2ncccn2)cc1)c1ccc(OCC2CCCO2)cc1. The van der Waals surface area contributed by atoms with E-state index in [1.54, 1.807) is 30.3 Å². The number of amides is 1. The normalized spacial score (nSPS) is 15.8. The van der Waals surface area contributed by atoms with Gasteiger partial charge in [-0.25, -0.2) is 23.1 Å². The molecule has 4 rings (SSSR count). The van der Waals surface area contributed by atoms with E-state index in [1.807, 2.05) is 0 Å². The van der Waals surface area contributed by atoms with E-state index < -0.39 is 10.0 Å². The first-order chi connectivity index (χ1) is 15.5. The molecule has 1 saturated heterocycles. The molecule has 1 amide bonds. The van der Waals surface area contributed by atoms with Gasteiger partial charge in [-0.15, -0.1) is 0 Å². The molecule has 0 aliphatic carbocycles. The second kappa shape index (κ2) is 9.75. The average molecular weight is 455 g/mol. The summed E-state index contributed by atoms with van der Waals surface area (Å²) in [7, 11) is -3.84. The van der Waals surface area contributed by atoms with Crippen LogP contribution in [0.25, 0.3) is 0 Å². The van der Waals surface area contributed by atoms with Crippen LogP contribution in [0.2, 0.25) is 0 Å². The minimum absolute atomic E-state index is 0.0203. The number of ether oxygens (including phenoxy) is 2. The fourth-order valence-electron chi connectivity index (χ4n) is 3.12. The Labute approximate surface area is 185 Å². The van der Waals surface area contributed by atoms with Crippen LogP contribution in [0, 0.1) is 0 Å². The van der Waals surface area contributed by atoms with Gasteiger partial charge in [0.2, 0.25) is 5.95 Å². The summed E-state index contributed by atoms with van der Waals surface area (Å²) in [6.07, 6.45) is 5.05. The van der Waals surface area contributed by atoms with Crippen molar-refractivity contribution in [2.24, 2.45) is 0 Å². The van der Waals surface area contributed by atoms with Crippen LogP contribution in [0.3, 0.4) is 0 Å².